The van der Waals surface area contributed by atoms with E-state index in [0.717, 1.165) is 41.5 Å². The first-order chi connectivity index (χ1) is 17.6. The number of aromatic amines is 1. The van der Waals surface area contributed by atoms with E-state index in [1.165, 1.54) is 15.3 Å². The fraction of sp³-hybridized carbons (Fsp3) is 0.417. The predicted octanol–water partition coefficient (Wildman–Crippen LogP) is 4.77. The molecule has 13 heteroatoms. The van der Waals surface area contributed by atoms with Crippen molar-refractivity contribution in [3.8, 4) is 0 Å². The smallest absolute Gasteiger partial charge is 0.323 e. The molecule has 0 radical (unpaired) electrons. The number of nitrogens with one attached hydrogen (secondary N) is 1. The van der Waals surface area contributed by atoms with Gasteiger partial charge in [-0.1, -0.05) is 25.8 Å². The summed E-state index contributed by atoms with van der Waals surface area (Å²) in [6.07, 6.45) is 2.01. The zero-order valence-corrected chi connectivity index (χ0v) is 20.7. The Kier molecular flexibility index (Phi) is 7.86. The highest BCUT2D eigenvalue weighted by molar-refractivity contribution is 6.28. The quantitative estimate of drug-likeness (QED) is 0.178. The third-order valence-electron chi connectivity index (χ3n) is 6.03. The molecule has 0 bridgehead atoms. The van der Waals surface area contributed by atoms with Crippen molar-refractivity contribution in [3.05, 3.63) is 79.2 Å². The number of hydrogen-bond acceptors (Lipinski definition) is 4. The number of nitrogens with zero attached hydrogens (tertiary/aromatic N) is 5. The molecule has 4 aromatic rings. The molecule has 0 saturated carbocycles. The Morgan fingerprint density at radius 3 is 2.54 bits per heavy atom. The van der Waals surface area contributed by atoms with Crippen LogP contribution in [0.3, 0.4) is 0 Å². The number of fused-ring (bicyclic) bond motifs is 1. The highest BCUT2D eigenvalue weighted by Gasteiger charge is 2.34. The van der Waals surface area contributed by atoms with Crippen LogP contribution >= 0.6 is 11.6 Å². The highest BCUT2D eigenvalue weighted by atomic mass is 35.5. The maximum absolute atomic E-state index is 13.5. The van der Waals surface area contributed by atoms with Gasteiger partial charge in [-0.3, -0.25) is 18.6 Å². The SMILES string of the molecule is CCCCCn1c(=O)n(CCCc2cnn(Cc3ccc(F)c(C(F)(F)F)c3)c2)c(=O)c2[nH]c(Cl)nc21. The summed E-state index contributed by atoms with van der Waals surface area (Å²) in [4.78, 5) is 32.8. The maximum Gasteiger partial charge on any atom is 0.419 e. The number of alkyl halides is 3. The van der Waals surface area contributed by atoms with E-state index in [-0.39, 0.29) is 35.1 Å². The van der Waals surface area contributed by atoms with E-state index in [9.17, 15) is 27.2 Å². The summed E-state index contributed by atoms with van der Waals surface area (Å²) >= 11 is 5.96. The molecular formula is C24H25ClF4N6O2. The fourth-order valence-corrected chi connectivity index (χ4v) is 4.37. The lowest BCUT2D eigenvalue weighted by molar-refractivity contribution is -0.140. The molecule has 0 spiro atoms. The van der Waals surface area contributed by atoms with Gasteiger partial charge in [0, 0.05) is 19.3 Å². The van der Waals surface area contributed by atoms with Gasteiger partial charge < -0.3 is 4.98 Å². The third-order valence-corrected chi connectivity index (χ3v) is 6.21. The molecule has 8 nitrogen and oxygen atoms in total. The summed E-state index contributed by atoms with van der Waals surface area (Å²) < 4.78 is 56.5. The first-order valence-electron chi connectivity index (χ1n) is 11.8. The third kappa shape index (κ3) is 5.95. The second kappa shape index (κ2) is 10.9. The Balaban J connectivity index is 1.46. The zero-order chi connectivity index (χ0) is 26.7. The Hall–Kier alpha value is -3.41. The van der Waals surface area contributed by atoms with Crippen molar-refractivity contribution in [3.63, 3.8) is 0 Å². The van der Waals surface area contributed by atoms with Crippen molar-refractivity contribution in [2.24, 2.45) is 0 Å². The van der Waals surface area contributed by atoms with E-state index < -0.39 is 28.8 Å². The highest BCUT2D eigenvalue weighted by Crippen LogP contribution is 2.32. The van der Waals surface area contributed by atoms with Gasteiger partial charge >= 0.3 is 11.9 Å². The Morgan fingerprint density at radius 2 is 1.81 bits per heavy atom. The minimum absolute atomic E-state index is 0.0303. The van der Waals surface area contributed by atoms with Crippen molar-refractivity contribution >= 4 is 22.8 Å². The van der Waals surface area contributed by atoms with Crippen LogP contribution in [-0.2, 0) is 32.2 Å². The lowest BCUT2D eigenvalue weighted by atomic mass is 10.1. The molecular weight excluding hydrogens is 516 g/mol. The zero-order valence-electron chi connectivity index (χ0n) is 20.0. The van der Waals surface area contributed by atoms with Crippen molar-refractivity contribution in [2.45, 2.75) is 64.8 Å². The number of rotatable bonds is 10. The summed E-state index contributed by atoms with van der Waals surface area (Å²) in [5.41, 5.74) is -0.832. The molecule has 0 aliphatic rings. The standard InChI is InChI=1S/C24H25ClF4N6O2/c1-2-3-4-9-34-20-19(31-22(25)32-20)21(36)35(23(34)37)10-5-6-16-12-30-33(14-16)13-15-7-8-18(26)17(11-15)24(27,28)29/h7-8,11-12,14H,2-6,9-10,13H2,1H3,(H,31,32). The molecule has 0 unspecified atom stereocenters. The monoisotopic (exact) mass is 540 g/mol. The number of imidazole rings is 1. The topological polar surface area (TPSA) is 90.5 Å². The van der Waals surface area contributed by atoms with E-state index in [4.69, 9.17) is 11.6 Å². The average Bonchev–Trinajstić information content (AvgIpc) is 3.45. The van der Waals surface area contributed by atoms with Gasteiger partial charge in [0.2, 0.25) is 5.28 Å². The first-order valence-corrected chi connectivity index (χ1v) is 12.2. The van der Waals surface area contributed by atoms with Crippen molar-refractivity contribution < 1.29 is 17.6 Å². The molecule has 3 aromatic heterocycles. The Bertz CT molecular complexity index is 1520. The summed E-state index contributed by atoms with van der Waals surface area (Å²) in [7, 11) is 0. The number of benzene rings is 1. The second-order valence-electron chi connectivity index (χ2n) is 8.79. The van der Waals surface area contributed by atoms with Gasteiger partial charge in [-0.25, -0.2) is 9.18 Å². The minimum Gasteiger partial charge on any atom is -0.323 e. The van der Waals surface area contributed by atoms with Crippen LogP contribution in [0.25, 0.3) is 11.2 Å². The predicted molar refractivity (Wildman–Crippen MR) is 130 cm³/mol. The lowest BCUT2D eigenvalue weighted by Gasteiger charge is -2.11. The van der Waals surface area contributed by atoms with Crippen LogP contribution in [0.4, 0.5) is 17.6 Å². The molecule has 0 atom stereocenters. The van der Waals surface area contributed by atoms with Crippen LogP contribution in [0.1, 0.15) is 49.3 Å². The number of aromatic nitrogens is 6. The molecule has 0 saturated heterocycles. The molecule has 0 amide bonds. The Labute approximate surface area is 213 Å². The van der Waals surface area contributed by atoms with Gasteiger partial charge in [-0.15, -0.1) is 0 Å². The summed E-state index contributed by atoms with van der Waals surface area (Å²) in [5.74, 6) is -1.33. The van der Waals surface area contributed by atoms with Crippen LogP contribution in [0.2, 0.25) is 5.28 Å². The van der Waals surface area contributed by atoms with Crippen LogP contribution in [-0.4, -0.2) is 28.9 Å². The van der Waals surface area contributed by atoms with Crippen molar-refractivity contribution in [1.82, 2.24) is 28.9 Å². The summed E-state index contributed by atoms with van der Waals surface area (Å²) in [5, 5.41) is 4.20. The van der Waals surface area contributed by atoms with Crippen LogP contribution in [0.5, 0.6) is 0 Å². The maximum atomic E-state index is 13.5. The molecule has 198 valence electrons. The molecule has 4 rings (SSSR count). The number of unbranched alkanes of at least 4 members (excludes halogenated alkanes) is 2. The van der Waals surface area contributed by atoms with E-state index in [1.807, 2.05) is 6.92 Å². The van der Waals surface area contributed by atoms with E-state index >= 15 is 0 Å². The normalized spacial score (nSPS) is 12.1. The van der Waals surface area contributed by atoms with Crippen LogP contribution in [0.15, 0.2) is 40.2 Å². The van der Waals surface area contributed by atoms with E-state index in [1.54, 1.807) is 12.4 Å². The van der Waals surface area contributed by atoms with Crippen LogP contribution in [0, 0.1) is 5.82 Å². The van der Waals surface area contributed by atoms with Gasteiger partial charge in [0.1, 0.15) is 5.82 Å². The average molecular weight is 541 g/mol. The number of hydrogen-bond donors (Lipinski definition) is 1. The first kappa shape index (κ1) is 26.6. The van der Waals surface area contributed by atoms with E-state index in [0.29, 0.717) is 19.4 Å². The van der Waals surface area contributed by atoms with Gasteiger partial charge in [-0.2, -0.15) is 23.3 Å². The minimum atomic E-state index is -4.79. The number of H-pyrrole nitrogens is 1. The lowest BCUT2D eigenvalue weighted by Crippen LogP contribution is -2.40. The molecule has 37 heavy (non-hydrogen) atoms. The number of halogens is 5. The van der Waals surface area contributed by atoms with Crippen molar-refractivity contribution in [1.29, 1.82) is 0 Å². The summed E-state index contributed by atoms with van der Waals surface area (Å²) in [6, 6.07) is 2.84. The molecule has 0 aliphatic carbocycles. The molecule has 0 fully saturated rings. The molecule has 1 N–H and O–H groups in total. The van der Waals surface area contributed by atoms with Gasteiger partial charge in [0.25, 0.3) is 5.56 Å². The van der Waals surface area contributed by atoms with E-state index in [2.05, 4.69) is 15.1 Å². The largest absolute Gasteiger partial charge is 0.419 e. The molecule has 0 aliphatic heterocycles. The van der Waals surface area contributed by atoms with Gasteiger partial charge in [0.05, 0.1) is 18.3 Å². The van der Waals surface area contributed by atoms with Crippen molar-refractivity contribution in [2.75, 3.05) is 0 Å². The Morgan fingerprint density at radius 1 is 1.05 bits per heavy atom. The van der Waals surface area contributed by atoms with Crippen LogP contribution < -0.4 is 11.2 Å². The summed E-state index contributed by atoms with van der Waals surface area (Å²) in [6.45, 7) is 2.64. The fourth-order valence-electron chi connectivity index (χ4n) is 4.20. The molecule has 1 aromatic carbocycles. The number of aryl methyl sites for hydroxylation is 2. The second-order valence-corrected chi connectivity index (χ2v) is 9.14. The van der Waals surface area contributed by atoms with Gasteiger partial charge in [0.15, 0.2) is 11.2 Å². The van der Waals surface area contributed by atoms with Gasteiger partial charge in [-0.05, 0) is 54.1 Å². The molecule has 3 heterocycles.